The summed E-state index contributed by atoms with van der Waals surface area (Å²) in [5.41, 5.74) is 1.04. The minimum atomic E-state index is -0.176. The van der Waals surface area contributed by atoms with Gasteiger partial charge in [-0.25, -0.2) is 0 Å². The van der Waals surface area contributed by atoms with Crippen LogP contribution in [0.5, 0.6) is 0 Å². The van der Waals surface area contributed by atoms with Crippen molar-refractivity contribution in [2.45, 2.75) is 56.9 Å². The molecule has 0 aliphatic carbocycles. The van der Waals surface area contributed by atoms with Gasteiger partial charge in [0.2, 0.25) is 17.7 Å². The van der Waals surface area contributed by atoms with Crippen molar-refractivity contribution in [2.24, 2.45) is 0 Å². The van der Waals surface area contributed by atoms with Crippen molar-refractivity contribution in [1.29, 1.82) is 0 Å². The summed E-state index contributed by atoms with van der Waals surface area (Å²) < 4.78 is 11.5. The van der Waals surface area contributed by atoms with E-state index in [1.807, 2.05) is 42.2 Å². The number of likely N-dealkylation sites (tertiary alicyclic amines) is 1. The number of hydrogen-bond donors (Lipinski definition) is 0. The average Bonchev–Trinajstić information content (AvgIpc) is 3.24. The van der Waals surface area contributed by atoms with E-state index in [0.717, 1.165) is 57.4 Å². The predicted octanol–water partition coefficient (Wildman–Crippen LogP) is 3.82. The molecule has 0 spiro atoms. The predicted molar refractivity (Wildman–Crippen MR) is 100 cm³/mol. The molecule has 6 nitrogen and oxygen atoms in total. The summed E-state index contributed by atoms with van der Waals surface area (Å²) in [6.07, 6.45) is 4.80. The number of carbonyl (C=O) groups is 1. The summed E-state index contributed by atoms with van der Waals surface area (Å²) in [7, 11) is 0. The van der Waals surface area contributed by atoms with Gasteiger partial charge in [0.1, 0.15) is 6.04 Å². The zero-order valence-electron chi connectivity index (χ0n) is 15.8. The van der Waals surface area contributed by atoms with Crippen LogP contribution in [0.2, 0.25) is 0 Å². The first kappa shape index (κ1) is 18.2. The van der Waals surface area contributed by atoms with E-state index in [1.165, 1.54) is 0 Å². The van der Waals surface area contributed by atoms with Crippen molar-refractivity contribution in [2.75, 3.05) is 19.8 Å². The third-order valence-corrected chi connectivity index (χ3v) is 5.77. The highest BCUT2D eigenvalue weighted by molar-refractivity contribution is 5.83. The van der Waals surface area contributed by atoms with Crippen LogP contribution in [0, 0.1) is 0 Å². The molecule has 4 rings (SSSR count). The number of piperidine rings is 1. The Kier molecular flexibility index (Phi) is 5.53. The Morgan fingerprint density at radius 1 is 1.07 bits per heavy atom. The van der Waals surface area contributed by atoms with Crippen molar-refractivity contribution in [3.8, 4) is 0 Å². The Morgan fingerprint density at radius 2 is 1.81 bits per heavy atom. The van der Waals surface area contributed by atoms with Crippen LogP contribution < -0.4 is 0 Å². The maximum absolute atomic E-state index is 13.2. The Bertz CT molecular complexity index is 755. The Morgan fingerprint density at radius 3 is 2.59 bits per heavy atom. The molecule has 1 aromatic carbocycles. The second-order valence-electron chi connectivity index (χ2n) is 7.54. The van der Waals surface area contributed by atoms with Crippen molar-refractivity contribution < 1.29 is 13.9 Å². The van der Waals surface area contributed by atoms with E-state index in [4.69, 9.17) is 9.15 Å². The first-order valence-electron chi connectivity index (χ1n) is 10.0. The maximum atomic E-state index is 13.2. The molecule has 2 aromatic rings. The molecule has 27 heavy (non-hydrogen) atoms. The highest BCUT2D eigenvalue weighted by Crippen LogP contribution is 2.35. The largest absolute Gasteiger partial charge is 0.423 e. The fourth-order valence-electron chi connectivity index (χ4n) is 4.08. The molecular formula is C21H27N3O3. The molecule has 0 saturated carbocycles. The summed E-state index contributed by atoms with van der Waals surface area (Å²) in [4.78, 5) is 15.2. The molecule has 2 saturated heterocycles. The fourth-order valence-corrected chi connectivity index (χ4v) is 4.08. The van der Waals surface area contributed by atoms with E-state index in [-0.39, 0.29) is 23.8 Å². The standard InChI is InChI=1S/C21H27N3O3/c1-15(16-7-3-2-4-8-16)21(25)24-12-6-5-9-18(24)20-23-22-19(27-20)17-10-13-26-14-11-17/h2-4,7-8,15,17-18H,5-6,9-14H2,1H3/t15-,18?/m1/s1. The number of benzene rings is 1. The number of ether oxygens (including phenoxy) is 1. The summed E-state index contributed by atoms with van der Waals surface area (Å²) in [5, 5.41) is 8.63. The van der Waals surface area contributed by atoms with Gasteiger partial charge in [-0.2, -0.15) is 0 Å². The molecular weight excluding hydrogens is 342 g/mol. The van der Waals surface area contributed by atoms with Crippen LogP contribution in [-0.2, 0) is 9.53 Å². The minimum absolute atomic E-state index is 0.112. The van der Waals surface area contributed by atoms with Gasteiger partial charge in [-0.1, -0.05) is 30.3 Å². The van der Waals surface area contributed by atoms with Crippen LogP contribution in [-0.4, -0.2) is 40.8 Å². The highest BCUT2D eigenvalue weighted by atomic mass is 16.5. The molecule has 1 aromatic heterocycles. The second-order valence-corrected chi connectivity index (χ2v) is 7.54. The zero-order valence-corrected chi connectivity index (χ0v) is 15.8. The van der Waals surface area contributed by atoms with E-state index >= 15 is 0 Å². The maximum Gasteiger partial charge on any atom is 0.238 e. The van der Waals surface area contributed by atoms with Crippen LogP contribution in [0.25, 0.3) is 0 Å². The fraction of sp³-hybridized carbons (Fsp3) is 0.571. The molecule has 0 radical (unpaired) electrons. The Labute approximate surface area is 159 Å². The third kappa shape index (κ3) is 3.90. The van der Waals surface area contributed by atoms with Gasteiger partial charge in [0.15, 0.2) is 0 Å². The molecule has 0 bridgehead atoms. The lowest BCUT2D eigenvalue weighted by Gasteiger charge is -2.35. The monoisotopic (exact) mass is 369 g/mol. The molecule has 1 unspecified atom stereocenters. The molecule has 6 heteroatoms. The third-order valence-electron chi connectivity index (χ3n) is 5.77. The highest BCUT2D eigenvalue weighted by Gasteiger charge is 2.35. The lowest BCUT2D eigenvalue weighted by Crippen LogP contribution is -2.40. The van der Waals surface area contributed by atoms with Crippen LogP contribution in [0.1, 0.15) is 74.3 Å². The van der Waals surface area contributed by atoms with Crippen LogP contribution in [0.4, 0.5) is 0 Å². The first-order valence-corrected chi connectivity index (χ1v) is 10.0. The second kappa shape index (κ2) is 8.21. The minimum Gasteiger partial charge on any atom is -0.423 e. The van der Waals surface area contributed by atoms with Crippen molar-refractivity contribution in [1.82, 2.24) is 15.1 Å². The van der Waals surface area contributed by atoms with Gasteiger partial charge < -0.3 is 14.1 Å². The number of aromatic nitrogens is 2. The summed E-state index contributed by atoms with van der Waals surface area (Å²) in [6, 6.07) is 9.84. The molecule has 2 atom stereocenters. The average molecular weight is 369 g/mol. The molecule has 2 fully saturated rings. The SMILES string of the molecule is C[C@@H](C(=O)N1CCCCC1c1nnc(C2CCOCC2)o1)c1ccccc1. The number of nitrogens with zero attached hydrogens (tertiary/aromatic N) is 3. The van der Waals surface area contributed by atoms with Crippen molar-refractivity contribution in [3.63, 3.8) is 0 Å². The van der Waals surface area contributed by atoms with E-state index in [9.17, 15) is 4.79 Å². The van der Waals surface area contributed by atoms with Gasteiger partial charge in [-0.3, -0.25) is 4.79 Å². The number of amides is 1. The topological polar surface area (TPSA) is 68.5 Å². The first-order chi connectivity index (χ1) is 13.2. The molecule has 1 amide bonds. The zero-order chi connectivity index (χ0) is 18.6. The van der Waals surface area contributed by atoms with Crippen LogP contribution in [0.15, 0.2) is 34.7 Å². The number of hydrogen-bond acceptors (Lipinski definition) is 5. The normalized spacial score (nSPS) is 22.6. The molecule has 0 N–H and O–H groups in total. The quantitative estimate of drug-likeness (QED) is 0.819. The van der Waals surface area contributed by atoms with Gasteiger partial charge in [-0.05, 0) is 44.6 Å². The van der Waals surface area contributed by atoms with Gasteiger partial charge in [0, 0.05) is 25.7 Å². The van der Waals surface area contributed by atoms with E-state index in [2.05, 4.69) is 10.2 Å². The molecule has 144 valence electrons. The van der Waals surface area contributed by atoms with Crippen molar-refractivity contribution >= 4 is 5.91 Å². The van der Waals surface area contributed by atoms with Crippen LogP contribution in [0.3, 0.4) is 0 Å². The van der Waals surface area contributed by atoms with E-state index < -0.39 is 0 Å². The number of carbonyl (C=O) groups excluding carboxylic acids is 1. The van der Waals surface area contributed by atoms with Gasteiger partial charge >= 0.3 is 0 Å². The molecule has 2 aliphatic heterocycles. The van der Waals surface area contributed by atoms with Crippen LogP contribution >= 0.6 is 0 Å². The van der Waals surface area contributed by atoms with Gasteiger partial charge in [0.05, 0.1) is 5.92 Å². The Hall–Kier alpha value is -2.21. The Balaban J connectivity index is 1.52. The lowest BCUT2D eigenvalue weighted by atomic mass is 9.95. The lowest BCUT2D eigenvalue weighted by molar-refractivity contribution is -0.137. The van der Waals surface area contributed by atoms with Crippen molar-refractivity contribution in [3.05, 3.63) is 47.7 Å². The number of rotatable bonds is 4. The van der Waals surface area contributed by atoms with E-state index in [1.54, 1.807) is 0 Å². The summed E-state index contributed by atoms with van der Waals surface area (Å²) in [5.74, 6) is 1.52. The van der Waals surface area contributed by atoms with Gasteiger partial charge in [-0.15, -0.1) is 10.2 Å². The van der Waals surface area contributed by atoms with E-state index in [0.29, 0.717) is 11.8 Å². The molecule has 3 heterocycles. The summed E-state index contributed by atoms with van der Waals surface area (Å²) >= 11 is 0. The van der Waals surface area contributed by atoms with Gasteiger partial charge in [0.25, 0.3) is 0 Å². The smallest absolute Gasteiger partial charge is 0.238 e. The summed E-state index contributed by atoms with van der Waals surface area (Å²) in [6.45, 7) is 4.20. The molecule has 2 aliphatic rings.